The zero-order valence-corrected chi connectivity index (χ0v) is 13.2. The number of amides is 1. The first kappa shape index (κ1) is 15.7. The van der Waals surface area contributed by atoms with Gasteiger partial charge in [-0.15, -0.1) is 0 Å². The SMILES string of the molecule is O=C(/C=C/c1cccnc1)NCCc1ccc(-n2cccn2)cc1. The first-order valence-electron chi connectivity index (χ1n) is 7.76. The van der Waals surface area contributed by atoms with Crippen molar-refractivity contribution in [3.63, 3.8) is 0 Å². The Labute approximate surface area is 140 Å². The quantitative estimate of drug-likeness (QED) is 0.711. The van der Waals surface area contributed by atoms with Crippen LogP contribution in [-0.4, -0.2) is 27.2 Å². The fourth-order valence-corrected chi connectivity index (χ4v) is 2.27. The van der Waals surface area contributed by atoms with E-state index in [1.807, 2.05) is 41.2 Å². The van der Waals surface area contributed by atoms with Gasteiger partial charge in [-0.3, -0.25) is 9.78 Å². The summed E-state index contributed by atoms with van der Waals surface area (Å²) in [7, 11) is 0. The van der Waals surface area contributed by atoms with Gasteiger partial charge in [0.1, 0.15) is 0 Å². The van der Waals surface area contributed by atoms with Gasteiger partial charge in [-0.2, -0.15) is 5.10 Å². The van der Waals surface area contributed by atoms with Crippen LogP contribution in [0.2, 0.25) is 0 Å². The molecule has 2 heterocycles. The van der Waals surface area contributed by atoms with E-state index in [2.05, 4.69) is 27.5 Å². The molecule has 0 spiro atoms. The van der Waals surface area contributed by atoms with Gasteiger partial charge < -0.3 is 5.32 Å². The van der Waals surface area contributed by atoms with Gasteiger partial charge in [0.2, 0.25) is 5.91 Å². The van der Waals surface area contributed by atoms with E-state index in [9.17, 15) is 4.79 Å². The molecule has 0 fully saturated rings. The van der Waals surface area contributed by atoms with Crippen molar-refractivity contribution < 1.29 is 4.79 Å². The molecule has 0 atom stereocenters. The predicted octanol–water partition coefficient (Wildman–Crippen LogP) is 2.64. The average Bonchev–Trinajstić information content (AvgIpc) is 3.16. The molecule has 3 rings (SSSR count). The average molecular weight is 318 g/mol. The summed E-state index contributed by atoms with van der Waals surface area (Å²) >= 11 is 0. The van der Waals surface area contributed by atoms with Crippen LogP contribution in [0.5, 0.6) is 0 Å². The van der Waals surface area contributed by atoms with Crippen LogP contribution in [0.4, 0.5) is 0 Å². The second kappa shape index (κ2) is 7.87. The van der Waals surface area contributed by atoms with Crippen molar-refractivity contribution >= 4 is 12.0 Å². The highest BCUT2D eigenvalue weighted by Crippen LogP contribution is 2.08. The molecule has 0 saturated carbocycles. The smallest absolute Gasteiger partial charge is 0.244 e. The zero-order chi connectivity index (χ0) is 16.6. The molecule has 1 aromatic carbocycles. The first-order valence-corrected chi connectivity index (χ1v) is 7.76. The van der Waals surface area contributed by atoms with Crippen molar-refractivity contribution in [3.05, 3.63) is 84.5 Å². The summed E-state index contributed by atoms with van der Waals surface area (Å²) in [4.78, 5) is 15.8. The molecular weight excluding hydrogens is 300 g/mol. The van der Waals surface area contributed by atoms with E-state index in [-0.39, 0.29) is 5.91 Å². The van der Waals surface area contributed by atoms with Crippen LogP contribution >= 0.6 is 0 Å². The molecule has 1 amide bonds. The van der Waals surface area contributed by atoms with E-state index < -0.39 is 0 Å². The topological polar surface area (TPSA) is 59.8 Å². The van der Waals surface area contributed by atoms with Gasteiger partial charge in [0.15, 0.2) is 0 Å². The number of benzene rings is 1. The van der Waals surface area contributed by atoms with E-state index in [1.54, 1.807) is 24.7 Å². The number of rotatable bonds is 6. The van der Waals surface area contributed by atoms with Crippen LogP contribution in [0.25, 0.3) is 11.8 Å². The van der Waals surface area contributed by atoms with Gasteiger partial charge in [0.05, 0.1) is 5.69 Å². The number of hydrogen-bond acceptors (Lipinski definition) is 3. The van der Waals surface area contributed by atoms with Crippen molar-refractivity contribution in [1.82, 2.24) is 20.1 Å². The van der Waals surface area contributed by atoms with Crippen molar-refractivity contribution in [3.8, 4) is 5.69 Å². The lowest BCUT2D eigenvalue weighted by Gasteiger charge is -2.05. The molecule has 120 valence electrons. The molecule has 0 saturated heterocycles. The lowest BCUT2D eigenvalue weighted by molar-refractivity contribution is -0.116. The zero-order valence-electron chi connectivity index (χ0n) is 13.2. The second-order valence-corrected chi connectivity index (χ2v) is 5.28. The Hall–Kier alpha value is -3.21. The molecule has 5 nitrogen and oxygen atoms in total. The number of pyridine rings is 1. The van der Waals surface area contributed by atoms with Gasteiger partial charge in [0.25, 0.3) is 0 Å². The van der Waals surface area contributed by atoms with Crippen molar-refractivity contribution in [2.45, 2.75) is 6.42 Å². The molecule has 0 radical (unpaired) electrons. The third kappa shape index (κ3) is 4.39. The lowest BCUT2D eigenvalue weighted by atomic mass is 10.1. The second-order valence-electron chi connectivity index (χ2n) is 5.28. The summed E-state index contributed by atoms with van der Waals surface area (Å²) in [5.74, 6) is -0.105. The Morgan fingerprint density at radius 1 is 1.12 bits per heavy atom. The normalized spacial score (nSPS) is 10.8. The van der Waals surface area contributed by atoms with Crippen LogP contribution in [-0.2, 0) is 11.2 Å². The van der Waals surface area contributed by atoms with Crippen LogP contribution in [0, 0.1) is 0 Å². The fraction of sp³-hybridized carbons (Fsp3) is 0.105. The third-order valence-electron chi connectivity index (χ3n) is 3.53. The Bertz CT molecular complexity index is 793. The van der Waals surface area contributed by atoms with E-state index in [4.69, 9.17) is 0 Å². The third-order valence-corrected chi connectivity index (χ3v) is 3.53. The molecule has 0 unspecified atom stereocenters. The number of carbonyl (C=O) groups excluding carboxylic acids is 1. The van der Waals surface area contributed by atoms with Crippen molar-refractivity contribution in [1.29, 1.82) is 0 Å². The highest BCUT2D eigenvalue weighted by molar-refractivity contribution is 5.91. The Kier molecular flexibility index (Phi) is 5.14. The Balaban J connectivity index is 1.46. The molecule has 2 aromatic heterocycles. The Morgan fingerprint density at radius 2 is 2.00 bits per heavy atom. The first-order chi connectivity index (χ1) is 11.8. The summed E-state index contributed by atoms with van der Waals surface area (Å²) in [6, 6.07) is 13.8. The van der Waals surface area contributed by atoms with E-state index in [0.29, 0.717) is 6.54 Å². The summed E-state index contributed by atoms with van der Waals surface area (Å²) in [5, 5.41) is 7.07. The highest BCUT2D eigenvalue weighted by Gasteiger charge is 1.99. The number of nitrogens with zero attached hydrogens (tertiary/aromatic N) is 3. The molecule has 24 heavy (non-hydrogen) atoms. The van der Waals surface area contributed by atoms with E-state index in [0.717, 1.165) is 17.7 Å². The molecule has 5 heteroatoms. The van der Waals surface area contributed by atoms with E-state index in [1.165, 1.54) is 11.6 Å². The summed E-state index contributed by atoms with van der Waals surface area (Å²) in [6.45, 7) is 0.595. The number of nitrogens with one attached hydrogen (secondary N) is 1. The summed E-state index contributed by atoms with van der Waals surface area (Å²) in [5.41, 5.74) is 3.09. The number of aromatic nitrogens is 3. The van der Waals surface area contributed by atoms with Gasteiger partial charge in [-0.05, 0) is 47.9 Å². The fourth-order valence-electron chi connectivity index (χ4n) is 2.27. The minimum atomic E-state index is -0.105. The summed E-state index contributed by atoms with van der Waals surface area (Å²) < 4.78 is 1.81. The maximum atomic E-state index is 11.8. The van der Waals surface area contributed by atoms with Gasteiger partial charge in [-0.25, -0.2) is 4.68 Å². The summed E-state index contributed by atoms with van der Waals surface area (Å²) in [6.07, 6.45) is 11.1. The van der Waals surface area contributed by atoms with Crippen molar-refractivity contribution in [2.75, 3.05) is 6.54 Å². The van der Waals surface area contributed by atoms with Gasteiger partial charge in [0, 0.05) is 37.4 Å². The largest absolute Gasteiger partial charge is 0.352 e. The van der Waals surface area contributed by atoms with Gasteiger partial charge >= 0.3 is 0 Å². The molecule has 0 aliphatic carbocycles. The van der Waals surface area contributed by atoms with Crippen LogP contribution in [0.15, 0.2) is 73.3 Å². The molecule has 1 N–H and O–H groups in total. The molecule has 0 bridgehead atoms. The monoisotopic (exact) mass is 318 g/mol. The standard InChI is InChI=1S/C19H18N4O/c24-19(9-6-17-3-1-11-20-15-17)21-13-10-16-4-7-18(8-5-16)23-14-2-12-22-23/h1-9,11-12,14-15H,10,13H2,(H,21,24)/b9-6+. The minimum absolute atomic E-state index is 0.105. The van der Waals surface area contributed by atoms with Crippen molar-refractivity contribution in [2.24, 2.45) is 0 Å². The highest BCUT2D eigenvalue weighted by atomic mass is 16.1. The molecular formula is C19H18N4O. The maximum absolute atomic E-state index is 11.8. The molecule has 3 aromatic rings. The van der Waals surface area contributed by atoms with Gasteiger partial charge in [-0.1, -0.05) is 18.2 Å². The minimum Gasteiger partial charge on any atom is -0.352 e. The van der Waals surface area contributed by atoms with E-state index >= 15 is 0 Å². The number of hydrogen-bond donors (Lipinski definition) is 1. The van der Waals surface area contributed by atoms with Crippen LogP contribution in [0.3, 0.4) is 0 Å². The lowest BCUT2D eigenvalue weighted by Crippen LogP contribution is -2.23. The van der Waals surface area contributed by atoms with Crippen LogP contribution in [0.1, 0.15) is 11.1 Å². The predicted molar refractivity (Wildman–Crippen MR) is 93.5 cm³/mol. The molecule has 0 aliphatic rings. The maximum Gasteiger partial charge on any atom is 0.244 e. The molecule has 0 aliphatic heterocycles. The van der Waals surface area contributed by atoms with Crippen LogP contribution < -0.4 is 5.32 Å². The number of carbonyl (C=O) groups is 1. The Morgan fingerprint density at radius 3 is 2.71 bits per heavy atom.